The average Bonchev–Trinajstić information content (AvgIpc) is 3.04. The number of amides is 1. The van der Waals surface area contributed by atoms with Crippen molar-refractivity contribution in [2.24, 2.45) is 0 Å². The van der Waals surface area contributed by atoms with E-state index in [9.17, 15) is 4.79 Å². The summed E-state index contributed by atoms with van der Waals surface area (Å²) in [6, 6.07) is 10.1. The van der Waals surface area contributed by atoms with Crippen LogP contribution in [0.25, 0.3) is 10.9 Å². The number of fused-ring (bicyclic) bond motifs is 1. The quantitative estimate of drug-likeness (QED) is 0.619. The van der Waals surface area contributed by atoms with Gasteiger partial charge in [0.25, 0.3) is 0 Å². The van der Waals surface area contributed by atoms with Gasteiger partial charge in [0.1, 0.15) is 0 Å². The number of hydrogen-bond donors (Lipinski definition) is 1. The summed E-state index contributed by atoms with van der Waals surface area (Å²) in [6.07, 6.45) is 5.12. The van der Waals surface area contributed by atoms with Gasteiger partial charge in [-0.05, 0) is 36.5 Å². The molecule has 28 heavy (non-hydrogen) atoms. The molecule has 1 amide bonds. The predicted molar refractivity (Wildman–Crippen MR) is 116 cm³/mol. The lowest BCUT2D eigenvalue weighted by atomic mass is 10.0. The molecule has 0 aliphatic heterocycles. The summed E-state index contributed by atoms with van der Waals surface area (Å²) < 4.78 is 1.97. The molecular weight excluding hydrogens is 372 g/mol. The Morgan fingerprint density at radius 2 is 1.86 bits per heavy atom. The SMILES string of the molecule is CCCn1ncc2cc([C@@H](C)NC(=O)Cc3ccc(C(C)C)cc3)ncc21.Cl. The summed E-state index contributed by atoms with van der Waals surface area (Å²) in [4.78, 5) is 17.0. The Kier molecular flexibility index (Phi) is 7.58. The van der Waals surface area contributed by atoms with Crippen molar-refractivity contribution in [2.75, 3.05) is 0 Å². The number of nitrogens with one attached hydrogen (secondary N) is 1. The summed E-state index contributed by atoms with van der Waals surface area (Å²) in [5, 5.41) is 8.52. The maximum Gasteiger partial charge on any atom is 0.224 e. The molecule has 6 heteroatoms. The van der Waals surface area contributed by atoms with Crippen molar-refractivity contribution in [1.82, 2.24) is 20.1 Å². The zero-order valence-electron chi connectivity index (χ0n) is 17.0. The third kappa shape index (κ3) is 5.10. The molecule has 0 aliphatic rings. The smallest absolute Gasteiger partial charge is 0.224 e. The van der Waals surface area contributed by atoms with Crippen molar-refractivity contribution in [3.63, 3.8) is 0 Å². The summed E-state index contributed by atoms with van der Waals surface area (Å²) >= 11 is 0. The predicted octanol–water partition coefficient (Wildman–Crippen LogP) is 4.81. The zero-order chi connectivity index (χ0) is 19.4. The van der Waals surface area contributed by atoms with Crippen LogP contribution in [0.3, 0.4) is 0 Å². The van der Waals surface area contributed by atoms with Gasteiger partial charge < -0.3 is 5.32 Å². The van der Waals surface area contributed by atoms with Crippen LogP contribution in [-0.2, 0) is 17.8 Å². The second-order valence-corrected chi connectivity index (χ2v) is 7.40. The highest BCUT2D eigenvalue weighted by molar-refractivity contribution is 5.85. The summed E-state index contributed by atoms with van der Waals surface area (Å²) in [5.41, 5.74) is 4.19. The lowest BCUT2D eigenvalue weighted by molar-refractivity contribution is -0.121. The number of aromatic nitrogens is 3. The molecule has 3 rings (SSSR count). The normalized spacial score (nSPS) is 12.0. The molecule has 3 aromatic rings. The number of hydrogen-bond acceptors (Lipinski definition) is 3. The van der Waals surface area contributed by atoms with E-state index in [0.717, 1.165) is 35.1 Å². The monoisotopic (exact) mass is 400 g/mol. The Morgan fingerprint density at radius 1 is 1.14 bits per heavy atom. The van der Waals surface area contributed by atoms with Gasteiger partial charge in [0.05, 0.1) is 36.1 Å². The van der Waals surface area contributed by atoms with Gasteiger partial charge in [-0.25, -0.2) is 0 Å². The Balaban J connectivity index is 0.00000280. The van der Waals surface area contributed by atoms with E-state index >= 15 is 0 Å². The van der Waals surface area contributed by atoms with Gasteiger partial charge in [-0.15, -0.1) is 12.4 Å². The van der Waals surface area contributed by atoms with Crippen LogP contribution in [0, 0.1) is 0 Å². The molecule has 1 aromatic carbocycles. The van der Waals surface area contributed by atoms with Crippen molar-refractivity contribution in [1.29, 1.82) is 0 Å². The maximum absolute atomic E-state index is 12.4. The third-order valence-electron chi connectivity index (χ3n) is 4.82. The minimum Gasteiger partial charge on any atom is -0.348 e. The molecule has 5 nitrogen and oxygen atoms in total. The highest BCUT2D eigenvalue weighted by Crippen LogP contribution is 2.19. The highest BCUT2D eigenvalue weighted by Gasteiger charge is 2.13. The number of nitrogens with zero attached hydrogens (tertiary/aromatic N) is 3. The first-order valence-electron chi connectivity index (χ1n) is 9.67. The van der Waals surface area contributed by atoms with Gasteiger partial charge in [0, 0.05) is 11.9 Å². The van der Waals surface area contributed by atoms with E-state index in [1.165, 1.54) is 5.56 Å². The van der Waals surface area contributed by atoms with Gasteiger partial charge in [-0.1, -0.05) is 45.0 Å². The first kappa shape index (κ1) is 21.9. The largest absolute Gasteiger partial charge is 0.348 e. The van der Waals surface area contributed by atoms with Crippen LogP contribution in [-0.4, -0.2) is 20.7 Å². The molecule has 0 fully saturated rings. The number of carbonyl (C=O) groups excluding carboxylic acids is 1. The molecule has 0 aliphatic carbocycles. The second kappa shape index (κ2) is 9.69. The Labute approximate surface area is 173 Å². The van der Waals surface area contributed by atoms with Crippen LogP contribution in [0.5, 0.6) is 0 Å². The van der Waals surface area contributed by atoms with Crippen molar-refractivity contribution >= 4 is 29.2 Å². The van der Waals surface area contributed by atoms with E-state index in [1.54, 1.807) is 0 Å². The Morgan fingerprint density at radius 3 is 2.50 bits per heavy atom. The van der Waals surface area contributed by atoms with Crippen molar-refractivity contribution < 1.29 is 4.79 Å². The van der Waals surface area contributed by atoms with Gasteiger partial charge in [0.2, 0.25) is 5.91 Å². The third-order valence-corrected chi connectivity index (χ3v) is 4.82. The van der Waals surface area contributed by atoms with Crippen LogP contribution in [0.2, 0.25) is 0 Å². The lowest BCUT2D eigenvalue weighted by Gasteiger charge is -2.14. The maximum atomic E-state index is 12.4. The van der Waals surface area contributed by atoms with E-state index in [4.69, 9.17) is 0 Å². The van der Waals surface area contributed by atoms with Gasteiger partial charge >= 0.3 is 0 Å². The second-order valence-electron chi connectivity index (χ2n) is 7.40. The highest BCUT2D eigenvalue weighted by atomic mass is 35.5. The minimum absolute atomic E-state index is 0. The number of carbonyl (C=O) groups is 1. The first-order valence-corrected chi connectivity index (χ1v) is 9.67. The molecule has 0 bridgehead atoms. The summed E-state index contributed by atoms with van der Waals surface area (Å²) in [7, 11) is 0. The fourth-order valence-electron chi connectivity index (χ4n) is 3.19. The number of rotatable bonds is 7. The van der Waals surface area contributed by atoms with Crippen LogP contribution < -0.4 is 5.32 Å². The minimum atomic E-state index is -0.147. The molecule has 0 radical (unpaired) electrons. The Hall–Kier alpha value is -2.40. The number of benzene rings is 1. The molecular formula is C22H29ClN4O. The number of pyridine rings is 1. The lowest BCUT2D eigenvalue weighted by Crippen LogP contribution is -2.28. The molecule has 0 saturated heterocycles. The van der Waals surface area contributed by atoms with Gasteiger partial charge in [-0.2, -0.15) is 5.10 Å². The van der Waals surface area contributed by atoms with Crippen LogP contribution in [0.1, 0.15) is 62.9 Å². The number of halogens is 1. The van der Waals surface area contributed by atoms with E-state index in [2.05, 4.69) is 48.3 Å². The van der Waals surface area contributed by atoms with Gasteiger partial charge in [0.15, 0.2) is 0 Å². The fraction of sp³-hybridized carbons (Fsp3) is 0.409. The molecule has 0 unspecified atom stereocenters. The average molecular weight is 401 g/mol. The standard InChI is InChI=1S/C22H28N4O.ClH/c1-5-10-26-21-14-23-20(12-19(21)13-24-26)16(4)25-22(27)11-17-6-8-18(9-7-17)15(2)3;/h6-9,12-16H,5,10-11H2,1-4H3,(H,25,27);1H/t16-;/m1./s1. The molecule has 0 spiro atoms. The molecule has 2 heterocycles. The van der Waals surface area contributed by atoms with Crippen molar-refractivity contribution in [3.8, 4) is 0 Å². The molecule has 2 aromatic heterocycles. The molecule has 0 saturated carbocycles. The summed E-state index contributed by atoms with van der Waals surface area (Å²) in [5.74, 6) is 0.499. The van der Waals surface area contributed by atoms with Crippen molar-refractivity contribution in [3.05, 3.63) is 59.5 Å². The molecule has 150 valence electrons. The van der Waals surface area contributed by atoms with E-state index < -0.39 is 0 Å². The molecule has 1 atom stereocenters. The van der Waals surface area contributed by atoms with Crippen LogP contribution in [0.15, 0.2) is 42.7 Å². The zero-order valence-corrected chi connectivity index (χ0v) is 17.8. The topological polar surface area (TPSA) is 59.8 Å². The van der Waals surface area contributed by atoms with E-state index in [-0.39, 0.29) is 24.4 Å². The summed E-state index contributed by atoms with van der Waals surface area (Å²) in [6.45, 7) is 9.30. The van der Waals surface area contributed by atoms with Crippen LogP contribution >= 0.6 is 12.4 Å². The van der Waals surface area contributed by atoms with Crippen LogP contribution in [0.4, 0.5) is 0 Å². The first-order chi connectivity index (χ1) is 13.0. The van der Waals surface area contributed by atoms with Crippen molar-refractivity contribution in [2.45, 2.75) is 59.0 Å². The Bertz CT molecular complexity index is 918. The van der Waals surface area contributed by atoms with E-state index in [1.807, 2.05) is 42.2 Å². The fourth-order valence-corrected chi connectivity index (χ4v) is 3.19. The molecule has 1 N–H and O–H groups in total. The number of aryl methyl sites for hydroxylation is 1. The van der Waals surface area contributed by atoms with Gasteiger partial charge in [-0.3, -0.25) is 14.5 Å². The van der Waals surface area contributed by atoms with E-state index in [0.29, 0.717) is 12.3 Å².